The first-order valence-corrected chi connectivity index (χ1v) is 8.29. The van der Waals surface area contributed by atoms with Gasteiger partial charge in [0, 0.05) is 38.9 Å². The Morgan fingerprint density at radius 1 is 1.36 bits per heavy atom. The average molecular weight is 324 g/mol. The summed E-state index contributed by atoms with van der Waals surface area (Å²) in [5, 5.41) is 3.53. The molecule has 0 saturated carbocycles. The predicted octanol–water partition coefficient (Wildman–Crippen LogP) is 3.31. The molecule has 2 heterocycles. The minimum absolute atomic E-state index is 0. The Kier molecular flexibility index (Phi) is 5.76. The molecule has 0 aromatic heterocycles. The third kappa shape index (κ3) is 3.76. The fourth-order valence-corrected chi connectivity index (χ4v) is 3.90. The molecule has 0 bridgehead atoms. The minimum atomic E-state index is 0. The first-order chi connectivity index (χ1) is 10.1. The van der Waals surface area contributed by atoms with Crippen LogP contribution in [0, 0.1) is 5.41 Å². The van der Waals surface area contributed by atoms with E-state index < -0.39 is 0 Å². The Morgan fingerprint density at radius 2 is 2.18 bits per heavy atom. The zero-order valence-electron chi connectivity index (χ0n) is 14.1. The molecule has 2 saturated heterocycles. The van der Waals surface area contributed by atoms with Crippen molar-refractivity contribution in [3.05, 3.63) is 29.8 Å². The highest BCUT2D eigenvalue weighted by Crippen LogP contribution is 2.37. The summed E-state index contributed by atoms with van der Waals surface area (Å²) in [4.78, 5) is 4.92. The molecule has 1 aromatic carbocycles. The predicted molar refractivity (Wildman–Crippen MR) is 97.2 cm³/mol. The second-order valence-electron chi connectivity index (χ2n) is 7.36. The van der Waals surface area contributed by atoms with Crippen LogP contribution in [0.2, 0.25) is 0 Å². The molecule has 1 aromatic rings. The van der Waals surface area contributed by atoms with Gasteiger partial charge in [0.2, 0.25) is 0 Å². The highest BCUT2D eigenvalue weighted by molar-refractivity contribution is 5.85. The lowest BCUT2D eigenvalue weighted by Gasteiger charge is -2.33. The topological polar surface area (TPSA) is 18.5 Å². The van der Waals surface area contributed by atoms with Crippen LogP contribution >= 0.6 is 12.4 Å². The molecular formula is C18H30ClN3. The highest BCUT2D eigenvalue weighted by atomic mass is 35.5. The highest BCUT2D eigenvalue weighted by Gasteiger charge is 2.35. The van der Waals surface area contributed by atoms with Crippen molar-refractivity contribution < 1.29 is 0 Å². The van der Waals surface area contributed by atoms with Crippen LogP contribution < -0.4 is 10.2 Å². The van der Waals surface area contributed by atoms with Crippen molar-refractivity contribution in [3.8, 4) is 0 Å². The Labute approximate surface area is 141 Å². The van der Waals surface area contributed by atoms with Gasteiger partial charge in [0.25, 0.3) is 0 Å². The Balaban J connectivity index is 0.00000176. The van der Waals surface area contributed by atoms with Crippen molar-refractivity contribution in [2.45, 2.75) is 32.2 Å². The molecule has 22 heavy (non-hydrogen) atoms. The van der Waals surface area contributed by atoms with Crippen molar-refractivity contribution in [2.75, 3.05) is 45.2 Å². The van der Waals surface area contributed by atoms with E-state index in [1.165, 1.54) is 56.7 Å². The minimum Gasteiger partial charge on any atom is -0.378 e. The zero-order valence-corrected chi connectivity index (χ0v) is 15.0. The van der Waals surface area contributed by atoms with E-state index in [2.05, 4.69) is 60.4 Å². The lowest BCUT2D eigenvalue weighted by atomic mass is 9.88. The first kappa shape index (κ1) is 17.6. The summed E-state index contributed by atoms with van der Waals surface area (Å²) in [5.74, 6) is 0. The van der Waals surface area contributed by atoms with E-state index in [9.17, 15) is 0 Å². The molecule has 0 aliphatic carbocycles. The number of hydrogen-bond acceptors (Lipinski definition) is 3. The number of benzene rings is 1. The van der Waals surface area contributed by atoms with Gasteiger partial charge in [0.1, 0.15) is 0 Å². The summed E-state index contributed by atoms with van der Waals surface area (Å²) < 4.78 is 0. The third-order valence-corrected chi connectivity index (χ3v) is 5.18. The van der Waals surface area contributed by atoms with Gasteiger partial charge in [-0.2, -0.15) is 0 Å². The van der Waals surface area contributed by atoms with Crippen LogP contribution in [0.25, 0.3) is 0 Å². The number of nitrogens with one attached hydrogen (secondary N) is 1. The number of rotatable bonds is 4. The van der Waals surface area contributed by atoms with Crippen LogP contribution in [0.15, 0.2) is 24.3 Å². The van der Waals surface area contributed by atoms with Gasteiger partial charge < -0.3 is 10.2 Å². The number of nitrogens with zero attached hydrogens (tertiary/aromatic N) is 2. The summed E-state index contributed by atoms with van der Waals surface area (Å²) in [6.45, 7) is 7.29. The van der Waals surface area contributed by atoms with Gasteiger partial charge in [0.15, 0.2) is 0 Å². The van der Waals surface area contributed by atoms with Crippen molar-refractivity contribution in [3.63, 3.8) is 0 Å². The van der Waals surface area contributed by atoms with E-state index in [4.69, 9.17) is 0 Å². The fraction of sp³-hybridized carbons (Fsp3) is 0.667. The van der Waals surface area contributed by atoms with Gasteiger partial charge in [-0.1, -0.05) is 19.1 Å². The summed E-state index contributed by atoms with van der Waals surface area (Å²) in [5.41, 5.74) is 3.27. The third-order valence-electron chi connectivity index (χ3n) is 5.18. The smallest absolute Gasteiger partial charge is 0.0364 e. The van der Waals surface area contributed by atoms with Gasteiger partial charge in [-0.25, -0.2) is 0 Å². The second kappa shape index (κ2) is 7.20. The Hall–Kier alpha value is -0.770. The summed E-state index contributed by atoms with van der Waals surface area (Å²) in [7, 11) is 4.24. The van der Waals surface area contributed by atoms with E-state index in [0.29, 0.717) is 11.5 Å². The molecule has 0 spiro atoms. The molecule has 2 aliphatic rings. The first-order valence-electron chi connectivity index (χ1n) is 8.29. The van der Waals surface area contributed by atoms with E-state index in [-0.39, 0.29) is 12.4 Å². The quantitative estimate of drug-likeness (QED) is 0.917. The normalized spacial score (nSPS) is 28.6. The Morgan fingerprint density at radius 3 is 2.86 bits per heavy atom. The van der Waals surface area contributed by atoms with Crippen LogP contribution in [0.1, 0.15) is 37.8 Å². The average Bonchev–Trinajstić information content (AvgIpc) is 3.08. The summed E-state index contributed by atoms with van der Waals surface area (Å²) in [6, 6.07) is 9.70. The van der Waals surface area contributed by atoms with Gasteiger partial charge >= 0.3 is 0 Å². The Bertz CT molecular complexity index is 483. The second-order valence-corrected chi connectivity index (χ2v) is 7.36. The number of likely N-dealkylation sites (tertiary alicyclic amines) is 1. The van der Waals surface area contributed by atoms with Crippen LogP contribution in [0.3, 0.4) is 0 Å². The molecule has 3 nitrogen and oxygen atoms in total. The lowest BCUT2D eigenvalue weighted by Crippen LogP contribution is -2.37. The van der Waals surface area contributed by atoms with Crippen molar-refractivity contribution >= 4 is 18.1 Å². The largest absolute Gasteiger partial charge is 0.378 e. The van der Waals surface area contributed by atoms with Crippen LogP contribution in [-0.2, 0) is 0 Å². The van der Waals surface area contributed by atoms with Crippen LogP contribution in [-0.4, -0.2) is 45.2 Å². The molecule has 0 amide bonds. The van der Waals surface area contributed by atoms with Crippen LogP contribution in [0.5, 0.6) is 0 Å². The van der Waals surface area contributed by atoms with Gasteiger partial charge in [-0.15, -0.1) is 12.4 Å². The van der Waals surface area contributed by atoms with Crippen molar-refractivity contribution in [1.82, 2.24) is 10.2 Å². The SMILES string of the molecule is CN(C)c1cccc(C2CCCN2CC2(C)CCNC2)c1.Cl. The molecular weight excluding hydrogens is 294 g/mol. The molecule has 2 atom stereocenters. The number of halogens is 1. The molecule has 3 rings (SSSR count). The van der Waals surface area contributed by atoms with Crippen molar-refractivity contribution in [1.29, 1.82) is 0 Å². The van der Waals surface area contributed by atoms with Crippen molar-refractivity contribution in [2.24, 2.45) is 5.41 Å². The van der Waals surface area contributed by atoms with Gasteiger partial charge in [-0.3, -0.25) is 4.90 Å². The van der Waals surface area contributed by atoms with E-state index in [1.54, 1.807) is 0 Å². The van der Waals surface area contributed by atoms with Gasteiger partial charge in [-0.05, 0) is 55.5 Å². The zero-order chi connectivity index (χ0) is 14.9. The van der Waals surface area contributed by atoms with E-state index in [0.717, 1.165) is 0 Å². The summed E-state index contributed by atoms with van der Waals surface area (Å²) in [6.07, 6.45) is 3.95. The fourth-order valence-electron chi connectivity index (χ4n) is 3.90. The monoisotopic (exact) mass is 323 g/mol. The number of hydrogen-bond donors (Lipinski definition) is 1. The molecule has 2 fully saturated rings. The molecule has 1 N–H and O–H groups in total. The molecule has 124 valence electrons. The molecule has 0 radical (unpaired) electrons. The maximum absolute atomic E-state index is 3.53. The number of anilines is 1. The van der Waals surface area contributed by atoms with E-state index >= 15 is 0 Å². The maximum atomic E-state index is 3.53. The van der Waals surface area contributed by atoms with Crippen LogP contribution in [0.4, 0.5) is 5.69 Å². The summed E-state index contributed by atoms with van der Waals surface area (Å²) >= 11 is 0. The molecule has 2 aliphatic heterocycles. The standard InChI is InChI=1S/C18H29N3.ClH/c1-18(9-10-19-13-18)14-21-11-5-8-17(21)15-6-4-7-16(12-15)20(2)3;/h4,6-7,12,17,19H,5,8-11,13-14H2,1-3H3;1H. The lowest BCUT2D eigenvalue weighted by molar-refractivity contribution is 0.165. The maximum Gasteiger partial charge on any atom is 0.0364 e. The van der Waals surface area contributed by atoms with E-state index in [1.807, 2.05) is 0 Å². The molecule has 2 unspecified atom stereocenters. The van der Waals surface area contributed by atoms with Gasteiger partial charge in [0.05, 0.1) is 0 Å². The molecule has 4 heteroatoms.